The Morgan fingerprint density at radius 1 is 1.28 bits per heavy atom. The molecule has 0 unspecified atom stereocenters. The van der Waals surface area contributed by atoms with Gasteiger partial charge in [0.1, 0.15) is 5.82 Å². The molecule has 0 N–H and O–H groups in total. The molecule has 0 bridgehead atoms. The van der Waals surface area contributed by atoms with Crippen LogP contribution in [-0.4, -0.2) is 9.55 Å². The van der Waals surface area contributed by atoms with Gasteiger partial charge in [-0.3, -0.25) is 4.57 Å². The van der Waals surface area contributed by atoms with Crippen LogP contribution in [0.3, 0.4) is 0 Å². The Balaban J connectivity index is 2.07. The van der Waals surface area contributed by atoms with Gasteiger partial charge in [0.2, 0.25) is 0 Å². The first-order valence-corrected chi connectivity index (χ1v) is 6.56. The highest BCUT2D eigenvalue weighted by Crippen LogP contribution is 2.25. The molecule has 0 saturated carbocycles. The Kier molecular flexibility index (Phi) is 4.01. The van der Waals surface area contributed by atoms with Crippen molar-refractivity contribution in [2.24, 2.45) is 0 Å². The summed E-state index contributed by atoms with van der Waals surface area (Å²) in [6.07, 6.45) is 2.71. The van der Waals surface area contributed by atoms with Crippen LogP contribution in [0, 0.1) is 13.8 Å². The predicted octanol–water partition coefficient (Wildman–Crippen LogP) is 4.19. The van der Waals surface area contributed by atoms with E-state index < -0.39 is 6.55 Å². The van der Waals surface area contributed by atoms with Crippen molar-refractivity contribution in [1.29, 1.82) is 0 Å². The summed E-state index contributed by atoms with van der Waals surface area (Å²) in [5.41, 5.74) is 2.44. The average molecular weight is 268 g/mol. The molecule has 2 rings (SSSR count). The monoisotopic (exact) mass is 268 g/mol. The maximum absolute atomic E-state index is 12.6. The maximum Gasteiger partial charge on any atom is 0.319 e. The lowest BCUT2D eigenvalue weighted by Crippen LogP contribution is -2.02. The lowest BCUT2D eigenvalue weighted by Gasteiger charge is -2.07. The second-order valence-electron chi connectivity index (χ2n) is 4.06. The molecule has 5 heteroatoms. The van der Waals surface area contributed by atoms with Crippen molar-refractivity contribution in [1.82, 2.24) is 9.55 Å². The number of alkyl halides is 2. The van der Waals surface area contributed by atoms with Gasteiger partial charge < -0.3 is 0 Å². The molecule has 1 aromatic carbocycles. The van der Waals surface area contributed by atoms with Gasteiger partial charge in [-0.05, 0) is 37.1 Å². The fraction of sp³-hybridized carbons (Fsp3) is 0.308. The molecule has 0 aliphatic rings. The van der Waals surface area contributed by atoms with Crippen molar-refractivity contribution in [2.45, 2.75) is 31.0 Å². The minimum atomic E-state index is -2.53. The Bertz CT molecular complexity index is 538. The lowest BCUT2D eigenvalue weighted by molar-refractivity contribution is 0.0678. The molecule has 0 spiro atoms. The summed E-state index contributed by atoms with van der Waals surface area (Å²) >= 11 is 1.52. The zero-order valence-corrected chi connectivity index (χ0v) is 11.0. The number of aryl methyl sites for hydroxylation is 2. The SMILES string of the molecule is Cc1ccc(SCc2nccn2C(F)F)cc1C. The number of hydrogen-bond donors (Lipinski definition) is 0. The minimum Gasteiger partial charge on any atom is -0.277 e. The maximum atomic E-state index is 12.6. The highest BCUT2D eigenvalue weighted by molar-refractivity contribution is 7.98. The van der Waals surface area contributed by atoms with Gasteiger partial charge in [0.25, 0.3) is 0 Å². The summed E-state index contributed by atoms with van der Waals surface area (Å²) in [6, 6.07) is 6.11. The van der Waals surface area contributed by atoms with E-state index in [2.05, 4.69) is 11.1 Å². The Labute approximate surface area is 109 Å². The van der Waals surface area contributed by atoms with E-state index in [0.717, 1.165) is 9.46 Å². The smallest absolute Gasteiger partial charge is 0.277 e. The highest BCUT2D eigenvalue weighted by Gasteiger charge is 2.11. The number of thioether (sulfide) groups is 1. The Hall–Kier alpha value is -1.36. The zero-order valence-electron chi connectivity index (χ0n) is 10.2. The summed E-state index contributed by atoms with van der Waals surface area (Å²) in [5, 5.41) is 0. The highest BCUT2D eigenvalue weighted by atomic mass is 32.2. The topological polar surface area (TPSA) is 17.8 Å². The van der Waals surface area contributed by atoms with Gasteiger partial charge in [-0.15, -0.1) is 11.8 Å². The first-order valence-electron chi connectivity index (χ1n) is 5.58. The van der Waals surface area contributed by atoms with Crippen LogP contribution >= 0.6 is 11.8 Å². The third-order valence-corrected chi connectivity index (χ3v) is 3.80. The normalized spacial score (nSPS) is 11.2. The van der Waals surface area contributed by atoms with E-state index in [4.69, 9.17) is 0 Å². The minimum absolute atomic E-state index is 0.397. The molecule has 18 heavy (non-hydrogen) atoms. The molecule has 0 aliphatic heterocycles. The van der Waals surface area contributed by atoms with E-state index >= 15 is 0 Å². The second kappa shape index (κ2) is 5.52. The van der Waals surface area contributed by atoms with E-state index in [1.807, 2.05) is 26.0 Å². The van der Waals surface area contributed by atoms with Gasteiger partial charge in [0.05, 0.1) is 5.75 Å². The fourth-order valence-corrected chi connectivity index (χ4v) is 2.53. The standard InChI is InChI=1S/C13H14F2N2S/c1-9-3-4-11(7-10(9)2)18-8-12-16-5-6-17(12)13(14)15/h3-7,13H,8H2,1-2H3. The van der Waals surface area contributed by atoms with Crippen molar-refractivity contribution in [3.8, 4) is 0 Å². The number of rotatable bonds is 4. The summed E-state index contributed by atoms with van der Waals surface area (Å²) < 4.78 is 26.1. The van der Waals surface area contributed by atoms with Crippen LogP contribution in [0.2, 0.25) is 0 Å². The largest absolute Gasteiger partial charge is 0.319 e. The van der Waals surface area contributed by atoms with Gasteiger partial charge in [0, 0.05) is 17.3 Å². The third kappa shape index (κ3) is 2.90. The average Bonchev–Trinajstić information content (AvgIpc) is 2.79. The molecule has 0 amide bonds. The number of imidazole rings is 1. The summed E-state index contributed by atoms with van der Waals surface area (Å²) in [7, 11) is 0. The molecular formula is C13H14F2N2S. The van der Waals surface area contributed by atoms with E-state index in [1.54, 1.807) is 0 Å². The first-order chi connectivity index (χ1) is 8.58. The number of benzene rings is 1. The molecule has 1 heterocycles. The van der Waals surface area contributed by atoms with Crippen molar-refractivity contribution in [3.05, 3.63) is 47.5 Å². The number of nitrogens with zero attached hydrogens (tertiary/aromatic N) is 2. The van der Waals surface area contributed by atoms with E-state index in [1.165, 1.54) is 35.3 Å². The van der Waals surface area contributed by atoms with Gasteiger partial charge in [-0.25, -0.2) is 4.98 Å². The zero-order chi connectivity index (χ0) is 13.1. The lowest BCUT2D eigenvalue weighted by atomic mass is 10.1. The molecule has 2 aromatic rings. The molecule has 2 nitrogen and oxygen atoms in total. The van der Waals surface area contributed by atoms with Crippen molar-refractivity contribution < 1.29 is 8.78 Å². The van der Waals surface area contributed by atoms with Crippen LogP contribution in [0.1, 0.15) is 23.5 Å². The van der Waals surface area contributed by atoms with E-state index in [0.29, 0.717) is 11.6 Å². The van der Waals surface area contributed by atoms with Gasteiger partial charge in [0.15, 0.2) is 0 Å². The summed E-state index contributed by atoms with van der Waals surface area (Å²) in [6.45, 7) is 1.56. The molecule has 0 fully saturated rings. The molecule has 0 radical (unpaired) electrons. The van der Waals surface area contributed by atoms with Crippen molar-refractivity contribution >= 4 is 11.8 Å². The Morgan fingerprint density at radius 3 is 2.72 bits per heavy atom. The third-order valence-electron chi connectivity index (χ3n) is 2.81. The predicted molar refractivity (Wildman–Crippen MR) is 69.0 cm³/mol. The van der Waals surface area contributed by atoms with Crippen LogP contribution < -0.4 is 0 Å². The van der Waals surface area contributed by atoms with Crippen LogP contribution in [-0.2, 0) is 5.75 Å². The summed E-state index contributed by atoms with van der Waals surface area (Å²) in [5.74, 6) is 0.841. The van der Waals surface area contributed by atoms with Gasteiger partial charge in [-0.1, -0.05) is 6.07 Å². The molecule has 0 atom stereocenters. The number of aromatic nitrogens is 2. The summed E-state index contributed by atoms with van der Waals surface area (Å²) in [4.78, 5) is 5.03. The molecule has 96 valence electrons. The van der Waals surface area contributed by atoms with Crippen LogP contribution in [0.5, 0.6) is 0 Å². The van der Waals surface area contributed by atoms with E-state index in [-0.39, 0.29) is 0 Å². The van der Waals surface area contributed by atoms with Gasteiger partial charge in [-0.2, -0.15) is 8.78 Å². The molecule has 1 aromatic heterocycles. The quantitative estimate of drug-likeness (QED) is 0.774. The second-order valence-corrected chi connectivity index (χ2v) is 5.11. The first kappa shape index (κ1) is 13.1. The van der Waals surface area contributed by atoms with Crippen molar-refractivity contribution in [2.75, 3.05) is 0 Å². The van der Waals surface area contributed by atoms with Crippen molar-refractivity contribution in [3.63, 3.8) is 0 Å². The van der Waals surface area contributed by atoms with Gasteiger partial charge >= 0.3 is 6.55 Å². The molecule has 0 saturated heterocycles. The van der Waals surface area contributed by atoms with Crippen LogP contribution in [0.25, 0.3) is 0 Å². The van der Waals surface area contributed by atoms with Crippen LogP contribution in [0.15, 0.2) is 35.5 Å². The molecular weight excluding hydrogens is 254 g/mol. The Morgan fingerprint density at radius 2 is 2.06 bits per heavy atom. The number of hydrogen-bond acceptors (Lipinski definition) is 2. The molecule has 0 aliphatic carbocycles. The number of halogens is 2. The van der Waals surface area contributed by atoms with E-state index in [9.17, 15) is 8.78 Å². The fourth-order valence-electron chi connectivity index (χ4n) is 1.58. The van der Waals surface area contributed by atoms with Crippen LogP contribution in [0.4, 0.5) is 8.78 Å².